The van der Waals surface area contributed by atoms with E-state index in [2.05, 4.69) is 51.7 Å². The SMILES string of the molecule is CN=C(NCc1c(OC)cc(OC)cc1OC)NC1CCN(c2ccc(C)cc2)C1. The Balaban J connectivity index is 1.61. The zero-order valence-electron chi connectivity index (χ0n) is 18.5. The fourth-order valence-electron chi connectivity index (χ4n) is 3.68. The average Bonchev–Trinajstić information content (AvgIpc) is 3.24. The van der Waals surface area contributed by atoms with Gasteiger partial charge in [0.25, 0.3) is 0 Å². The van der Waals surface area contributed by atoms with Gasteiger partial charge in [-0.05, 0) is 25.5 Å². The number of hydrogen-bond donors (Lipinski definition) is 2. The van der Waals surface area contributed by atoms with Crippen molar-refractivity contribution in [3.8, 4) is 17.2 Å². The van der Waals surface area contributed by atoms with E-state index < -0.39 is 0 Å². The summed E-state index contributed by atoms with van der Waals surface area (Å²) in [7, 11) is 6.69. The van der Waals surface area contributed by atoms with E-state index in [0.717, 1.165) is 31.0 Å². The van der Waals surface area contributed by atoms with E-state index in [1.165, 1.54) is 11.3 Å². The molecule has 0 aliphatic carbocycles. The van der Waals surface area contributed by atoms with Crippen LogP contribution in [0.2, 0.25) is 0 Å². The molecule has 1 atom stereocenters. The fourth-order valence-corrected chi connectivity index (χ4v) is 3.68. The van der Waals surface area contributed by atoms with Gasteiger partial charge in [-0.2, -0.15) is 0 Å². The molecule has 0 amide bonds. The van der Waals surface area contributed by atoms with Crippen LogP contribution in [-0.2, 0) is 6.54 Å². The third kappa shape index (κ3) is 5.09. The molecule has 1 aliphatic rings. The van der Waals surface area contributed by atoms with Gasteiger partial charge in [-0.3, -0.25) is 4.99 Å². The number of nitrogens with zero attached hydrogens (tertiary/aromatic N) is 2. The zero-order chi connectivity index (χ0) is 21.5. The van der Waals surface area contributed by atoms with Gasteiger partial charge in [0.1, 0.15) is 17.2 Å². The summed E-state index contributed by atoms with van der Waals surface area (Å²) in [4.78, 5) is 6.79. The first-order valence-electron chi connectivity index (χ1n) is 10.2. The average molecular weight is 413 g/mol. The van der Waals surface area contributed by atoms with Crippen LogP contribution in [-0.4, -0.2) is 53.5 Å². The Bertz CT molecular complexity index is 842. The van der Waals surface area contributed by atoms with Gasteiger partial charge in [-0.1, -0.05) is 17.7 Å². The maximum absolute atomic E-state index is 5.53. The second-order valence-electron chi connectivity index (χ2n) is 7.35. The van der Waals surface area contributed by atoms with Crippen LogP contribution in [0, 0.1) is 6.92 Å². The number of guanidine groups is 1. The molecule has 3 rings (SSSR count). The van der Waals surface area contributed by atoms with Crippen LogP contribution in [0.5, 0.6) is 17.2 Å². The van der Waals surface area contributed by atoms with Crippen molar-refractivity contribution in [3.63, 3.8) is 0 Å². The van der Waals surface area contributed by atoms with Gasteiger partial charge < -0.3 is 29.7 Å². The van der Waals surface area contributed by atoms with Gasteiger partial charge in [0.2, 0.25) is 0 Å². The monoisotopic (exact) mass is 412 g/mol. The van der Waals surface area contributed by atoms with Crippen LogP contribution >= 0.6 is 0 Å². The van der Waals surface area contributed by atoms with Gasteiger partial charge in [-0.15, -0.1) is 0 Å². The number of ether oxygens (including phenoxy) is 3. The van der Waals surface area contributed by atoms with E-state index >= 15 is 0 Å². The molecule has 0 saturated carbocycles. The summed E-state index contributed by atoms with van der Waals surface area (Å²) >= 11 is 0. The Hall–Kier alpha value is -3.09. The van der Waals surface area contributed by atoms with Crippen molar-refractivity contribution in [2.45, 2.75) is 25.9 Å². The molecule has 1 fully saturated rings. The van der Waals surface area contributed by atoms with Gasteiger partial charge in [-0.25, -0.2) is 0 Å². The van der Waals surface area contributed by atoms with E-state index in [1.807, 2.05) is 12.1 Å². The molecule has 1 aliphatic heterocycles. The van der Waals surface area contributed by atoms with Crippen LogP contribution in [0.1, 0.15) is 17.5 Å². The Kier molecular flexibility index (Phi) is 7.27. The van der Waals surface area contributed by atoms with Crippen molar-refractivity contribution in [2.24, 2.45) is 4.99 Å². The minimum absolute atomic E-state index is 0.331. The quantitative estimate of drug-likeness (QED) is 0.538. The summed E-state index contributed by atoms with van der Waals surface area (Å²) < 4.78 is 16.4. The summed E-state index contributed by atoms with van der Waals surface area (Å²) in [5.41, 5.74) is 3.46. The predicted molar refractivity (Wildman–Crippen MR) is 121 cm³/mol. The lowest BCUT2D eigenvalue weighted by molar-refractivity contribution is 0.368. The first-order chi connectivity index (χ1) is 14.6. The largest absolute Gasteiger partial charge is 0.496 e. The molecule has 2 aromatic carbocycles. The van der Waals surface area contributed by atoms with Gasteiger partial charge in [0.05, 0.1) is 33.4 Å². The molecule has 2 N–H and O–H groups in total. The van der Waals surface area contributed by atoms with Crippen LogP contribution in [0.3, 0.4) is 0 Å². The van der Waals surface area contributed by atoms with Crippen molar-refractivity contribution in [3.05, 3.63) is 47.5 Å². The number of aliphatic imine (C=N–C) groups is 1. The topological polar surface area (TPSA) is 67.4 Å². The second kappa shape index (κ2) is 10.1. The third-order valence-corrected chi connectivity index (χ3v) is 5.40. The third-order valence-electron chi connectivity index (χ3n) is 5.40. The number of anilines is 1. The summed E-state index contributed by atoms with van der Waals surface area (Å²) in [6.45, 7) is 4.60. The van der Waals surface area contributed by atoms with Crippen LogP contribution in [0.15, 0.2) is 41.4 Å². The summed E-state index contributed by atoms with van der Waals surface area (Å²) in [5.74, 6) is 2.86. The molecule has 7 heteroatoms. The van der Waals surface area contributed by atoms with Gasteiger partial charge in [0.15, 0.2) is 5.96 Å². The van der Waals surface area contributed by atoms with Crippen molar-refractivity contribution >= 4 is 11.6 Å². The Morgan fingerprint density at radius 2 is 1.73 bits per heavy atom. The minimum atomic E-state index is 0.331. The molecule has 30 heavy (non-hydrogen) atoms. The van der Waals surface area contributed by atoms with Gasteiger partial charge >= 0.3 is 0 Å². The molecule has 1 heterocycles. The Labute approximate surface area is 179 Å². The summed E-state index contributed by atoms with van der Waals surface area (Å²) in [6, 6.07) is 12.7. The molecule has 7 nitrogen and oxygen atoms in total. The molecule has 0 radical (unpaired) electrons. The van der Waals surface area contributed by atoms with Crippen LogP contribution < -0.4 is 29.7 Å². The van der Waals surface area contributed by atoms with E-state index in [0.29, 0.717) is 29.8 Å². The molecular formula is C23H32N4O3. The highest BCUT2D eigenvalue weighted by molar-refractivity contribution is 5.80. The number of methoxy groups -OCH3 is 3. The molecule has 1 saturated heterocycles. The molecular weight excluding hydrogens is 380 g/mol. The lowest BCUT2D eigenvalue weighted by atomic mass is 10.1. The number of aryl methyl sites for hydroxylation is 1. The van der Waals surface area contributed by atoms with E-state index in [9.17, 15) is 0 Å². The number of nitrogens with one attached hydrogen (secondary N) is 2. The van der Waals surface area contributed by atoms with E-state index in [4.69, 9.17) is 14.2 Å². The molecule has 0 bridgehead atoms. The predicted octanol–water partition coefficient (Wildman–Crippen LogP) is 2.96. The van der Waals surface area contributed by atoms with E-state index in [-0.39, 0.29) is 0 Å². The zero-order valence-corrected chi connectivity index (χ0v) is 18.5. The highest BCUT2D eigenvalue weighted by Gasteiger charge is 2.23. The van der Waals surface area contributed by atoms with Crippen molar-refractivity contribution in [1.29, 1.82) is 0 Å². The molecule has 1 unspecified atom stereocenters. The first kappa shape index (κ1) is 21.6. The lowest BCUT2D eigenvalue weighted by Crippen LogP contribution is -2.44. The summed E-state index contributed by atoms with van der Waals surface area (Å²) in [6.07, 6.45) is 1.06. The van der Waals surface area contributed by atoms with Crippen molar-refractivity contribution in [1.82, 2.24) is 10.6 Å². The van der Waals surface area contributed by atoms with Gasteiger partial charge in [0, 0.05) is 44.0 Å². The molecule has 2 aromatic rings. The summed E-state index contributed by atoms with van der Waals surface area (Å²) in [5, 5.41) is 6.92. The van der Waals surface area contributed by atoms with Crippen LogP contribution in [0.25, 0.3) is 0 Å². The molecule has 0 spiro atoms. The Morgan fingerprint density at radius 1 is 1.07 bits per heavy atom. The Morgan fingerprint density at radius 3 is 2.30 bits per heavy atom. The highest BCUT2D eigenvalue weighted by Crippen LogP contribution is 2.33. The number of hydrogen-bond acceptors (Lipinski definition) is 5. The first-order valence-corrected chi connectivity index (χ1v) is 10.2. The van der Waals surface area contributed by atoms with Crippen LogP contribution in [0.4, 0.5) is 5.69 Å². The number of rotatable bonds is 7. The second-order valence-corrected chi connectivity index (χ2v) is 7.35. The maximum atomic E-state index is 5.53. The molecule has 0 aromatic heterocycles. The molecule has 162 valence electrons. The maximum Gasteiger partial charge on any atom is 0.191 e. The highest BCUT2D eigenvalue weighted by atomic mass is 16.5. The minimum Gasteiger partial charge on any atom is -0.496 e. The lowest BCUT2D eigenvalue weighted by Gasteiger charge is -2.21. The van der Waals surface area contributed by atoms with Crippen molar-refractivity contribution in [2.75, 3.05) is 46.4 Å². The van der Waals surface area contributed by atoms with E-state index in [1.54, 1.807) is 28.4 Å². The fraction of sp³-hybridized carbons (Fsp3) is 0.435. The number of benzene rings is 2. The van der Waals surface area contributed by atoms with Crippen molar-refractivity contribution < 1.29 is 14.2 Å². The standard InChI is InChI=1S/C23H32N4O3/c1-16-6-8-18(9-7-16)27-11-10-17(15-27)26-23(24-2)25-14-20-21(29-4)12-19(28-3)13-22(20)30-5/h6-9,12-13,17H,10-11,14-15H2,1-5H3,(H2,24,25,26). The normalized spacial score (nSPS) is 16.4. The smallest absolute Gasteiger partial charge is 0.191 e.